The summed E-state index contributed by atoms with van der Waals surface area (Å²) in [7, 11) is 1.63. The fourth-order valence-electron chi connectivity index (χ4n) is 0.886. The highest BCUT2D eigenvalue weighted by Crippen LogP contribution is 2.16. The van der Waals surface area contributed by atoms with E-state index >= 15 is 0 Å². The highest BCUT2D eigenvalue weighted by atomic mass is 16.5. The molecular formula is C11H24N2O2. The zero-order valence-electron chi connectivity index (χ0n) is 11.0. The fraction of sp³-hybridized carbons (Fsp3) is 0.818. The van der Waals surface area contributed by atoms with Crippen LogP contribution in [0.25, 0.3) is 0 Å². The van der Waals surface area contributed by atoms with E-state index in [0.717, 1.165) is 6.42 Å². The number of ether oxygens (including phenoxy) is 1. The van der Waals surface area contributed by atoms with Crippen LogP contribution < -0.4 is 0 Å². The largest absolute Gasteiger partial charge is 0.372 e. The molecule has 0 fully saturated rings. The Morgan fingerprint density at radius 3 is 2.07 bits per heavy atom. The molecule has 0 aliphatic rings. The van der Waals surface area contributed by atoms with Crippen LogP contribution in [0.3, 0.4) is 0 Å². The maximum absolute atomic E-state index is 5.10. The molecular weight excluding hydrogens is 192 g/mol. The van der Waals surface area contributed by atoms with Gasteiger partial charge in [0.2, 0.25) is 0 Å². The first kappa shape index (κ1) is 16.5. The lowest BCUT2D eigenvalue weighted by molar-refractivity contribution is 0.0706. The van der Waals surface area contributed by atoms with Crippen molar-refractivity contribution in [3.05, 3.63) is 11.7 Å². The van der Waals surface area contributed by atoms with Crippen molar-refractivity contribution >= 4 is 0 Å². The van der Waals surface area contributed by atoms with Gasteiger partial charge in [0.05, 0.1) is 0 Å². The molecule has 1 unspecified atom stereocenters. The Balaban J connectivity index is 0. The summed E-state index contributed by atoms with van der Waals surface area (Å²) in [5, 5.41) is 3.67. The van der Waals surface area contributed by atoms with E-state index in [0.29, 0.717) is 11.7 Å². The van der Waals surface area contributed by atoms with Crippen molar-refractivity contribution in [2.75, 3.05) is 7.11 Å². The summed E-state index contributed by atoms with van der Waals surface area (Å²) in [6, 6.07) is 0. The average Bonchev–Trinajstić information content (AvgIpc) is 2.73. The number of aromatic nitrogens is 2. The molecule has 0 saturated carbocycles. The van der Waals surface area contributed by atoms with Crippen molar-refractivity contribution < 1.29 is 9.26 Å². The van der Waals surface area contributed by atoms with E-state index in [1.54, 1.807) is 14.0 Å². The first-order valence-corrected chi connectivity index (χ1v) is 5.61. The summed E-state index contributed by atoms with van der Waals surface area (Å²) in [6.07, 6.45) is 0.786. The minimum Gasteiger partial charge on any atom is -0.372 e. The van der Waals surface area contributed by atoms with E-state index in [9.17, 15) is 0 Å². The van der Waals surface area contributed by atoms with Crippen molar-refractivity contribution in [1.29, 1.82) is 0 Å². The molecule has 4 heteroatoms. The molecule has 0 aliphatic carbocycles. The monoisotopic (exact) mass is 216 g/mol. The van der Waals surface area contributed by atoms with E-state index in [2.05, 4.69) is 10.1 Å². The molecule has 0 saturated heterocycles. The summed E-state index contributed by atoms with van der Waals surface area (Å²) >= 11 is 0. The minimum absolute atomic E-state index is 0.0591. The summed E-state index contributed by atoms with van der Waals surface area (Å²) in [6.45, 7) is 11.8. The first-order valence-electron chi connectivity index (χ1n) is 5.61. The molecule has 1 aromatic heterocycles. The Bertz CT molecular complexity index is 220. The zero-order chi connectivity index (χ0) is 12.3. The van der Waals surface area contributed by atoms with Crippen LogP contribution in [0.1, 0.15) is 58.9 Å². The van der Waals surface area contributed by atoms with Gasteiger partial charge in [-0.3, -0.25) is 0 Å². The smallest absolute Gasteiger partial charge is 0.255 e. The van der Waals surface area contributed by atoms with Gasteiger partial charge in [-0.1, -0.05) is 39.8 Å². The second-order valence-corrected chi connectivity index (χ2v) is 2.31. The van der Waals surface area contributed by atoms with Gasteiger partial charge in [0.15, 0.2) is 5.82 Å². The lowest BCUT2D eigenvalue weighted by atomic mass is 10.3. The molecule has 0 bridgehead atoms. The normalized spacial score (nSPS) is 10.6. The number of rotatable bonds is 3. The van der Waals surface area contributed by atoms with Crippen LogP contribution in [0.15, 0.2) is 4.52 Å². The standard InChI is InChI=1S/C7H12N2O2.2C2H6/c1-4-6(10-3)7-8-5(2)9-11-7;2*1-2/h6H,4H2,1-3H3;2*1-2H3. The summed E-state index contributed by atoms with van der Waals surface area (Å²) in [5.41, 5.74) is 0. The number of aryl methyl sites for hydroxylation is 1. The summed E-state index contributed by atoms with van der Waals surface area (Å²) in [5.74, 6) is 1.21. The molecule has 0 amide bonds. The van der Waals surface area contributed by atoms with Crippen LogP contribution in [0.2, 0.25) is 0 Å². The first-order chi connectivity index (χ1) is 7.27. The van der Waals surface area contributed by atoms with Crippen molar-refractivity contribution in [3.63, 3.8) is 0 Å². The molecule has 1 heterocycles. The molecule has 15 heavy (non-hydrogen) atoms. The minimum atomic E-state index is -0.0591. The van der Waals surface area contributed by atoms with Gasteiger partial charge in [0.25, 0.3) is 5.89 Å². The molecule has 1 rings (SSSR count). The van der Waals surface area contributed by atoms with E-state index in [1.807, 2.05) is 34.6 Å². The number of methoxy groups -OCH3 is 1. The number of nitrogens with zero attached hydrogens (tertiary/aromatic N) is 2. The van der Waals surface area contributed by atoms with Gasteiger partial charge in [-0.2, -0.15) is 4.98 Å². The fourth-order valence-corrected chi connectivity index (χ4v) is 0.886. The third kappa shape index (κ3) is 6.23. The van der Waals surface area contributed by atoms with E-state index < -0.39 is 0 Å². The van der Waals surface area contributed by atoms with Crippen LogP contribution in [0.5, 0.6) is 0 Å². The predicted octanol–water partition coefficient (Wildman–Crippen LogP) is 3.53. The zero-order valence-corrected chi connectivity index (χ0v) is 11.0. The SMILES string of the molecule is CC.CC.CCC(OC)c1nc(C)no1. The third-order valence-corrected chi connectivity index (χ3v) is 1.47. The third-order valence-electron chi connectivity index (χ3n) is 1.47. The predicted molar refractivity (Wildman–Crippen MR) is 61.8 cm³/mol. The quantitative estimate of drug-likeness (QED) is 0.775. The van der Waals surface area contributed by atoms with Crippen LogP contribution in [-0.2, 0) is 4.74 Å². The number of hydrogen-bond donors (Lipinski definition) is 0. The van der Waals surface area contributed by atoms with Crippen LogP contribution in [0, 0.1) is 6.92 Å². The highest BCUT2D eigenvalue weighted by Gasteiger charge is 2.14. The second-order valence-electron chi connectivity index (χ2n) is 2.31. The Morgan fingerprint density at radius 2 is 1.80 bits per heavy atom. The molecule has 0 radical (unpaired) electrons. The molecule has 0 aliphatic heterocycles. The van der Waals surface area contributed by atoms with Crippen LogP contribution in [0.4, 0.5) is 0 Å². The van der Waals surface area contributed by atoms with Crippen molar-refractivity contribution in [2.45, 2.75) is 54.1 Å². The average molecular weight is 216 g/mol. The van der Waals surface area contributed by atoms with Gasteiger partial charge < -0.3 is 9.26 Å². The van der Waals surface area contributed by atoms with Gasteiger partial charge in [0, 0.05) is 7.11 Å². The molecule has 90 valence electrons. The van der Waals surface area contributed by atoms with Crippen molar-refractivity contribution in [1.82, 2.24) is 10.1 Å². The van der Waals surface area contributed by atoms with Crippen LogP contribution in [-0.4, -0.2) is 17.3 Å². The molecule has 0 N–H and O–H groups in total. The number of hydrogen-bond acceptors (Lipinski definition) is 4. The summed E-state index contributed by atoms with van der Waals surface area (Å²) < 4.78 is 10.0. The van der Waals surface area contributed by atoms with Gasteiger partial charge in [-0.05, 0) is 13.3 Å². The maximum Gasteiger partial charge on any atom is 0.255 e. The van der Waals surface area contributed by atoms with Gasteiger partial charge >= 0.3 is 0 Å². The highest BCUT2D eigenvalue weighted by molar-refractivity contribution is 4.87. The Hall–Kier alpha value is -0.900. The molecule has 4 nitrogen and oxygen atoms in total. The van der Waals surface area contributed by atoms with E-state index in [4.69, 9.17) is 9.26 Å². The van der Waals surface area contributed by atoms with Crippen LogP contribution >= 0.6 is 0 Å². The molecule has 1 aromatic rings. The Kier molecular flexibility index (Phi) is 12.3. The van der Waals surface area contributed by atoms with Gasteiger partial charge in [0.1, 0.15) is 6.10 Å². The molecule has 0 aromatic carbocycles. The van der Waals surface area contributed by atoms with E-state index in [1.165, 1.54) is 0 Å². The maximum atomic E-state index is 5.10. The second kappa shape index (κ2) is 11.2. The van der Waals surface area contributed by atoms with Crippen molar-refractivity contribution in [3.8, 4) is 0 Å². The van der Waals surface area contributed by atoms with Gasteiger partial charge in [-0.15, -0.1) is 0 Å². The topological polar surface area (TPSA) is 48.2 Å². The van der Waals surface area contributed by atoms with E-state index in [-0.39, 0.29) is 6.10 Å². The Morgan fingerprint density at radius 1 is 1.27 bits per heavy atom. The lowest BCUT2D eigenvalue weighted by Crippen LogP contribution is -1.99. The van der Waals surface area contributed by atoms with Crippen molar-refractivity contribution in [2.24, 2.45) is 0 Å². The molecule has 1 atom stereocenters. The lowest BCUT2D eigenvalue weighted by Gasteiger charge is -2.05. The Labute approximate surface area is 93.0 Å². The summed E-state index contributed by atoms with van der Waals surface area (Å²) in [4.78, 5) is 4.05. The van der Waals surface area contributed by atoms with Gasteiger partial charge in [-0.25, -0.2) is 0 Å². The molecule has 0 spiro atoms.